The van der Waals surface area contributed by atoms with Gasteiger partial charge in [0.1, 0.15) is 5.75 Å². The van der Waals surface area contributed by atoms with Gasteiger partial charge in [0, 0.05) is 31.1 Å². The molecule has 2 aliphatic rings. The molecule has 1 aliphatic carbocycles. The van der Waals surface area contributed by atoms with Crippen molar-refractivity contribution >= 4 is 29.3 Å². The molecule has 0 bridgehead atoms. The molecule has 2 N–H and O–H groups in total. The average molecular weight is 449 g/mol. The maximum absolute atomic E-state index is 13.0. The largest absolute Gasteiger partial charge is 0.495 e. The van der Waals surface area contributed by atoms with Crippen LogP contribution in [0.1, 0.15) is 32.6 Å². The number of benzene rings is 1. The van der Waals surface area contributed by atoms with E-state index in [-0.39, 0.29) is 17.0 Å². The summed E-state index contributed by atoms with van der Waals surface area (Å²) in [4.78, 5) is 21.2. The first-order valence-electron chi connectivity index (χ1n) is 10.4. The number of nitrogens with zero attached hydrogens (tertiary/aromatic N) is 3. The summed E-state index contributed by atoms with van der Waals surface area (Å²) >= 11 is 7.70. The third-order valence-electron chi connectivity index (χ3n) is 6.94. The normalized spacial score (nSPS) is 23.2. The van der Waals surface area contributed by atoms with E-state index in [1.807, 2.05) is 12.1 Å². The number of hydrogen-bond donors (Lipinski definition) is 1. The Morgan fingerprint density at radius 3 is 2.63 bits per heavy atom. The maximum Gasteiger partial charge on any atom is 0.268 e. The third-order valence-corrected chi connectivity index (χ3v) is 8.50. The minimum Gasteiger partial charge on any atom is -0.495 e. The molecule has 30 heavy (non-hydrogen) atoms. The van der Waals surface area contributed by atoms with Gasteiger partial charge in [-0.15, -0.1) is 0 Å². The molecule has 2 atom stereocenters. The molecule has 1 aliphatic heterocycles. The molecule has 1 spiro atoms. The highest BCUT2D eigenvalue weighted by atomic mass is 35.5. The highest BCUT2D eigenvalue weighted by Gasteiger charge is 2.46. The van der Waals surface area contributed by atoms with Crippen LogP contribution in [0, 0.1) is 11.3 Å². The topological polar surface area (TPSA) is 73.4 Å². The summed E-state index contributed by atoms with van der Waals surface area (Å²) in [5.74, 6) is 1.90. The van der Waals surface area contributed by atoms with Crippen LogP contribution in [0.15, 0.2) is 39.0 Å². The van der Waals surface area contributed by atoms with Gasteiger partial charge < -0.3 is 15.4 Å². The van der Waals surface area contributed by atoms with Crippen molar-refractivity contribution in [2.24, 2.45) is 24.1 Å². The van der Waals surface area contributed by atoms with Gasteiger partial charge in [0.2, 0.25) is 5.95 Å². The molecular weight excluding hydrogens is 420 g/mol. The van der Waals surface area contributed by atoms with Crippen LogP contribution in [-0.2, 0) is 7.05 Å². The quantitative estimate of drug-likeness (QED) is 0.763. The van der Waals surface area contributed by atoms with Crippen molar-refractivity contribution in [1.82, 2.24) is 9.55 Å². The Kier molecular flexibility index (Phi) is 6.06. The highest BCUT2D eigenvalue weighted by Crippen LogP contribution is 2.48. The van der Waals surface area contributed by atoms with E-state index in [4.69, 9.17) is 22.1 Å². The Bertz CT molecular complexity index is 988. The van der Waals surface area contributed by atoms with Crippen molar-refractivity contribution in [3.8, 4) is 5.75 Å². The van der Waals surface area contributed by atoms with Crippen LogP contribution in [0.5, 0.6) is 5.75 Å². The van der Waals surface area contributed by atoms with Crippen molar-refractivity contribution in [2.75, 3.05) is 25.1 Å². The van der Waals surface area contributed by atoms with E-state index in [0.29, 0.717) is 21.6 Å². The first kappa shape index (κ1) is 21.5. The number of rotatable bonds is 4. The number of piperidine rings is 1. The first-order valence-corrected chi connectivity index (χ1v) is 11.6. The monoisotopic (exact) mass is 448 g/mol. The number of nitrogens with two attached hydrogens (primary N) is 1. The van der Waals surface area contributed by atoms with Crippen molar-refractivity contribution in [2.45, 2.75) is 48.4 Å². The molecule has 6 nitrogen and oxygen atoms in total. The minimum atomic E-state index is -0.0737. The van der Waals surface area contributed by atoms with Crippen LogP contribution in [0.2, 0.25) is 5.02 Å². The number of aromatic nitrogens is 2. The lowest BCUT2D eigenvalue weighted by molar-refractivity contribution is 0.185. The van der Waals surface area contributed by atoms with Gasteiger partial charge in [-0.2, -0.15) is 0 Å². The second-order valence-corrected chi connectivity index (χ2v) is 10.0. The molecule has 8 heteroatoms. The molecule has 1 aromatic carbocycles. The molecule has 1 saturated heterocycles. The summed E-state index contributed by atoms with van der Waals surface area (Å²) in [6.45, 7) is 4.03. The molecule has 2 aromatic rings. The summed E-state index contributed by atoms with van der Waals surface area (Å²) < 4.78 is 6.91. The van der Waals surface area contributed by atoms with Gasteiger partial charge in [-0.25, -0.2) is 4.98 Å². The van der Waals surface area contributed by atoms with E-state index in [1.165, 1.54) is 24.6 Å². The van der Waals surface area contributed by atoms with Crippen LogP contribution in [0.25, 0.3) is 0 Å². The second-order valence-electron chi connectivity index (χ2n) is 8.55. The number of methoxy groups -OCH3 is 1. The molecule has 4 rings (SSSR count). The zero-order valence-electron chi connectivity index (χ0n) is 17.7. The molecular formula is C22H29ClN4O2S. The van der Waals surface area contributed by atoms with Gasteiger partial charge in [-0.3, -0.25) is 9.36 Å². The Morgan fingerprint density at radius 2 is 2.00 bits per heavy atom. The van der Waals surface area contributed by atoms with Gasteiger partial charge in [-0.05, 0) is 49.1 Å². The maximum atomic E-state index is 13.0. The number of halogens is 1. The first-order chi connectivity index (χ1) is 14.4. The Morgan fingerprint density at radius 1 is 1.27 bits per heavy atom. The minimum absolute atomic E-state index is 0.0737. The Balaban J connectivity index is 1.52. The fourth-order valence-corrected chi connectivity index (χ4v) is 6.15. The summed E-state index contributed by atoms with van der Waals surface area (Å²) in [5, 5.41) is 0.500. The summed E-state index contributed by atoms with van der Waals surface area (Å²) in [6.07, 6.45) is 6.21. The Hall–Kier alpha value is -1.70. The van der Waals surface area contributed by atoms with Crippen molar-refractivity contribution in [3.63, 3.8) is 0 Å². The van der Waals surface area contributed by atoms with E-state index in [2.05, 4.69) is 16.8 Å². The van der Waals surface area contributed by atoms with E-state index < -0.39 is 0 Å². The van der Waals surface area contributed by atoms with E-state index in [1.54, 1.807) is 31.0 Å². The molecule has 1 saturated carbocycles. The summed E-state index contributed by atoms with van der Waals surface area (Å²) in [5.41, 5.74) is 6.72. The van der Waals surface area contributed by atoms with Gasteiger partial charge >= 0.3 is 0 Å². The van der Waals surface area contributed by atoms with Gasteiger partial charge in [0.05, 0.1) is 23.2 Å². The van der Waals surface area contributed by atoms with Gasteiger partial charge in [-0.1, -0.05) is 36.4 Å². The lowest BCUT2D eigenvalue weighted by atomic mass is 9.73. The second kappa shape index (κ2) is 8.44. The third kappa shape index (κ3) is 3.72. The zero-order valence-corrected chi connectivity index (χ0v) is 19.3. The van der Waals surface area contributed by atoms with E-state index >= 15 is 0 Å². The molecule has 0 unspecified atom stereocenters. The van der Waals surface area contributed by atoms with Crippen LogP contribution in [0.4, 0.5) is 5.95 Å². The van der Waals surface area contributed by atoms with Crippen molar-refractivity contribution < 1.29 is 4.74 Å². The number of hydrogen-bond acceptors (Lipinski definition) is 6. The molecule has 2 fully saturated rings. The Labute approximate surface area is 186 Å². The van der Waals surface area contributed by atoms with Crippen molar-refractivity contribution in [1.29, 1.82) is 0 Å². The van der Waals surface area contributed by atoms with Gasteiger partial charge in [0.25, 0.3) is 5.56 Å². The zero-order chi connectivity index (χ0) is 21.5. The molecule has 162 valence electrons. The van der Waals surface area contributed by atoms with Crippen molar-refractivity contribution in [3.05, 3.63) is 39.8 Å². The molecule has 2 heterocycles. The van der Waals surface area contributed by atoms with Gasteiger partial charge in [0.15, 0.2) is 0 Å². The number of ether oxygens (including phenoxy) is 1. The fraction of sp³-hybridized carbons (Fsp3) is 0.545. The SMILES string of the molecule is COc1cccc(Sc2cnc(N3CCC4(CC[C@@H](C)[C@H]4N)CC3)n(C)c2=O)c1Cl. The molecule has 0 amide bonds. The summed E-state index contributed by atoms with van der Waals surface area (Å²) in [6, 6.07) is 5.81. The standard InChI is InChI=1S/C22H29ClN4O2S/c1-14-7-8-22(19(14)24)9-11-27(12-10-22)21-25-13-17(20(28)26(21)2)30-16-6-4-5-15(29-3)18(16)23/h4-6,13-14,19H,7-12,24H2,1-3H3/t14-,19-/m1/s1. The molecule has 0 radical (unpaired) electrons. The number of anilines is 1. The van der Waals surface area contributed by atoms with Crippen LogP contribution in [0.3, 0.4) is 0 Å². The predicted molar refractivity (Wildman–Crippen MR) is 122 cm³/mol. The molecule has 1 aromatic heterocycles. The predicted octanol–water partition coefficient (Wildman–Crippen LogP) is 3.94. The lowest BCUT2D eigenvalue weighted by Gasteiger charge is -2.43. The smallest absolute Gasteiger partial charge is 0.268 e. The van der Waals surface area contributed by atoms with Crippen LogP contribution in [-0.4, -0.2) is 35.8 Å². The van der Waals surface area contributed by atoms with Crippen LogP contribution >= 0.6 is 23.4 Å². The average Bonchev–Trinajstić information content (AvgIpc) is 3.02. The summed E-state index contributed by atoms with van der Waals surface area (Å²) in [7, 11) is 3.36. The van der Waals surface area contributed by atoms with Crippen LogP contribution < -0.4 is 20.9 Å². The van der Waals surface area contributed by atoms with E-state index in [0.717, 1.165) is 36.8 Å². The lowest BCUT2D eigenvalue weighted by Crippen LogP contribution is -2.49. The van der Waals surface area contributed by atoms with E-state index in [9.17, 15) is 4.79 Å². The fourth-order valence-electron chi connectivity index (χ4n) is 4.92. The highest BCUT2D eigenvalue weighted by molar-refractivity contribution is 7.99.